The average Bonchev–Trinajstić information content (AvgIpc) is 3.11. The monoisotopic (exact) mass is 414 g/mol. The van der Waals surface area contributed by atoms with Crippen LogP contribution >= 0.6 is 0 Å². The molecule has 2 heterocycles. The fourth-order valence-corrected chi connectivity index (χ4v) is 3.90. The van der Waals surface area contributed by atoms with Gasteiger partial charge in [0.1, 0.15) is 18.5 Å². The molecule has 4 rings (SSSR count). The zero-order valence-corrected chi connectivity index (χ0v) is 16.6. The second-order valence-electron chi connectivity index (χ2n) is 7.92. The van der Waals surface area contributed by atoms with Gasteiger partial charge in [0.05, 0.1) is 18.8 Å². The van der Waals surface area contributed by atoms with Gasteiger partial charge in [0, 0.05) is 18.5 Å². The number of nitrogens with zero attached hydrogens (tertiary/aromatic N) is 2. The van der Waals surface area contributed by atoms with Crippen LogP contribution in [0.1, 0.15) is 18.1 Å². The molecular formula is C22H23FN2O5. The van der Waals surface area contributed by atoms with Crippen molar-refractivity contribution in [1.82, 2.24) is 4.90 Å². The van der Waals surface area contributed by atoms with Gasteiger partial charge in [-0.25, -0.2) is 14.0 Å². The molecule has 0 aromatic heterocycles. The highest BCUT2D eigenvalue weighted by Gasteiger charge is 2.45. The first kappa shape index (κ1) is 20.2. The summed E-state index contributed by atoms with van der Waals surface area (Å²) in [7, 11) is 0. The van der Waals surface area contributed by atoms with Crippen molar-refractivity contribution in [1.29, 1.82) is 0 Å². The van der Waals surface area contributed by atoms with Gasteiger partial charge in [0.2, 0.25) is 0 Å². The van der Waals surface area contributed by atoms with Crippen LogP contribution in [0.4, 0.5) is 19.7 Å². The number of halogens is 1. The molecule has 1 atom stereocenters. The fraction of sp³-hybridized carbons (Fsp3) is 0.364. The predicted molar refractivity (Wildman–Crippen MR) is 107 cm³/mol. The number of carbonyl (C=O) groups excluding carboxylic acids is 2. The number of aliphatic hydroxyl groups is 1. The van der Waals surface area contributed by atoms with Crippen molar-refractivity contribution in [2.45, 2.75) is 25.0 Å². The molecule has 0 radical (unpaired) electrons. The van der Waals surface area contributed by atoms with E-state index in [1.54, 1.807) is 17.0 Å². The van der Waals surface area contributed by atoms with Crippen LogP contribution in [0.2, 0.25) is 0 Å². The first-order valence-corrected chi connectivity index (χ1v) is 9.74. The van der Waals surface area contributed by atoms with Crippen LogP contribution in [0.25, 0.3) is 0 Å². The SMILES string of the molecule is CC1(c2ccc(N3CC(CO)OC3=O)cc2F)CN(C(=O)OCc2ccccc2)C1. The molecule has 0 bridgehead atoms. The summed E-state index contributed by atoms with van der Waals surface area (Å²) in [6, 6.07) is 14.0. The van der Waals surface area contributed by atoms with Gasteiger partial charge >= 0.3 is 12.2 Å². The lowest BCUT2D eigenvalue weighted by Gasteiger charge is -2.47. The summed E-state index contributed by atoms with van der Waals surface area (Å²) in [6.07, 6.45) is -1.65. The topological polar surface area (TPSA) is 79.3 Å². The molecule has 7 nitrogen and oxygen atoms in total. The van der Waals surface area contributed by atoms with E-state index in [2.05, 4.69) is 0 Å². The zero-order chi connectivity index (χ0) is 21.3. The number of benzene rings is 2. The van der Waals surface area contributed by atoms with E-state index in [4.69, 9.17) is 14.6 Å². The van der Waals surface area contributed by atoms with Crippen LogP contribution in [0.3, 0.4) is 0 Å². The van der Waals surface area contributed by atoms with Gasteiger partial charge in [-0.15, -0.1) is 0 Å². The number of hydrogen-bond donors (Lipinski definition) is 1. The predicted octanol–water partition coefficient (Wildman–Crippen LogP) is 3.05. The molecule has 2 aromatic rings. The van der Waals surface area contributed by atoms with E-state index in [9.17, 15) is 14.0 Å². The van der Waals surface area contributed by atoms with E-state index in [0.29, 0.717) is 24.3 Å². The second kappa shape index (κ2) is 7.95. The largest absolute Gasteiger partial charge is 0.445 e. The third-order valence-electron chi connectivity index (χ3n) is 5.54. The molecular weight excluding hydrogens is 391 g/mol. The number of anilines is 1. The minimum Gasteiger partial charge on any atom is -0.445 e. The highest BCUT2D eigenvalue weighted by atomic mass is 19.1. The first-order valence-electron chi connectivity index (χ1n) is 9.74. The van der Waals surface area contributed by atoms with Crippen LogP contribution in [0, 0.1) is 5.82 Å². The molecule has 2 fully saturated rings. The molecule has 0 spiro atoms. The van der Waals surface area contributed by atoms with Crippen molar-refractivity contribution < 1.29 is 28.6 Å². The Morgan fingerprint density at radius 2 is 2.00 bits per heavy atom. The van der Waals surface area contributed by atoms with Crippen LogP contribution < -0.4 is 4.90 Å². The summed E-state index contributed by atoms with van der Waals surface area (Å²) < 4.78 is 25.2. The lowest BCUT2D eigenvalue weighted by molar-refractivity contribution is 0.0384. The Bertz CT molecular complexity index is 946. The Morgan fingerprint density at radius 1 is 1.27 bits per heavy atom. The van der Waals surface area contributed by atoms with Crippen molar-refractivity contribution in [3.63, 3.8) is 0 Å². The maximum absolute atomic E-state index is 14.9. The van der Waals surface area contributed by atoms with E-state index in [1.165, 1.54) is 11.0 Å². The highest BCUT2D eigenvalue weighted by Crippen LogP contribution is 2.37. The second-order valence-corrected chi connectivity index (χ2v) is 7.92. The number of cyclic esters (lactones) is 1. The molecule has 1 N–H and O–H groups in total. The van der Waals surface area contributed by atoms with Crippen LogP contribution in [0.5, 0.6) is 0 Å². The number of amides is 2. The summed E-state index contributed by atoms with van der Waals surface area (Å²) in [4.78, 5) is 27.0. The summed E-state index contributed by atoms with van der Waals surface area (Å²) in [6.45, 7) is 2.66. The van der Waals surface area contributed by atoms with Crippen molar-refractivity contribution in [3.05, 3.63) is 65.5 Å². The van der Waals surface area contributed by atoms with Gasteiger partial charge in [-0.2, -0.15) is 0 Å². The lowest BCUT2D eigenvalue weighted by atomic mass is 9.75. The third kappa shape index (κ3) is 3.82. The Hall–Kier alpha value is -3.13. The van der Waals surface area contributed by atoms with E-state index < -0.39 is 29.5 Å². The number of aliphatic hydroxyl groups excluding tert-OH is 1. The summed E-state index contributed by atoms with van der Waals surface area (Å²) in [5.74, 6) is -0.451. The molecule has 0 saturated carbocycles. The van der Waals surface area contributed by atoms with Crippen LogP contribution in [-0.2, 0) is 21.5 Å². The Morgan fingerprint density at radius 3 is 2.63 bits per heavy atom. The van der Waals surface area contributed by atoms with Crippen LogP contribution in [-0.4, -0.2) is 54.5 Å². The van der Waals surface area contributed by atoms with E-state index in [-0.39, 0.29) is 19.8 Å². The quantitative estimate of drug-likeness (QED) is 0.814. The smallest absolute Gasteiger partial charge is 0.414 e. The van der Waals surface area contributed by atoms with E-state index in [0.717, 1.165) is 5.56 Å². The highest BCUT2D eigenvalue weighted by molar-refractivity contribution is 5.89. The third-order valence-corrected chi connectivity index (χ3v) is 5.54. The Labute approximate surface area is 173 Å². The number of carbonyl (C=O) groups is 2. The summed E-state index contributed by atoms with van der Waals surface area (Å²) in [5.41, 5.74) is 1.22. The Balaban J connectivity index is 1.38. The van der Waals surface area contributed by atoms with Crippen molar-refractivity contribution >= 4 is 17.9 Å². The fourth-order valence-electron chi connectivity index (χ4n) is 3.90. The van der Waals surface area contributed by atoms with Gasteiger partial charge in [-0.1, -0.05) is 43.3 Å². The Kier molecular flexibility index (Phi) is 5.34. The van der Waals surface area contributed by atoms with Crippen LogP contribution in [0.15, 0.2) is 48.5 Å². The minimum atomic E-state index is -0.611. The molecule has 2 aromatic carbocycles. The number of likely N-dealkylation sites (tertiary alicyclic amines) is 1. The standard InChI is InChI=1S/C22H23FN2O5/c1-22(13-24(14-22)20(27)29-12-15-5-3-2-4-6-15)18-8-7-16(9-19(18)23)25-10-17(11-26)30-21(25)28/h2-9,17,26H,10-14H2,1H3. The molecule has 158 valence electrons. The minimum absolute atomic E-state index is 0.173. The summed E-state index contributed by atoms with van der Waals surface area (Å²) >= 11 is 0. The van der Waals surface area contributed by atoms with Gasteiger partial charge in [-0.05, 0) is 23.3 Å². The lowest BCUT2D eigenvalue weighted by Crippen LogP contribution is -2.60. The van der Waals surface area contributed by atoms with Gasteiger partial charge in [0.15, 0.2) is 0 Å². The molecule has 30 heavy (non-hydrogen) atoms. The molecule has 0 aliphatic carbocycles. The van der Waals surface area contributed by atoms with Gasteiger partial charge < -0.3 is 19.5 Å². The molecule has 2 amide bonds. The normalized spacial score (nSPS) is 20.0. The van der Waals surface area contributed by atoms with Crippen molar-refractivity contribution in [3.8, 4) is 0 Å². The van der Waals surface area contributed by atoms with Gasteiger partial charge in [-0.3, -0.25) is 4.90 Å². The molecule has 2 saturated heterocycles. The molecule has 2 aliphatic heterocycles. The zero-order valence-electron chi connectivity index (χ0n) is 16.6. The molecule has 1 unspecified atom stereocenters. The number of rotatable bonds is 5. The summed E-state index contributed by atoms with van der Waals surface area (Å²) in [5, 5.41) is 9.15. The average molecular weight is 414 g/mol. The maximum atomic E-state index is 14.9. The molecule has 8 heteroatoms. The van der Waals surface area contributed by atoms with Gasteiger partial charge in [0.25, 0.3) is 0 Å². The maximum Gasteiger partial charge on any atom is 0.414 e. The first-order chi connectivity index (χ1) is 14.4. The van der Waals surface area contributed by atoms with E-state index >= 15 is 0 Å². The van der Waals surface area contributed by atoms with Crippen molar-refractivity contribution in [2.24, 2.45) is 0 Å². The van der Waals surface area contributed by atoms with Crippen molar-refractivity contribution in [2.75, 3.05) is 31.1 Å². The number of hydrogen-bond acceptors (Lipinski definition) is 5. The molecule has 2 aliphatic rings. The number of ether oxygens (including phenoxy) is 2. The van der Waals surface area contributed by atoms with E-state index in [1.807, 2.05) is 37.3 Å².